The summed E-state index contributed by atoms with van der Waals surface area (Å²) in [6, 6.07) is 5.35. The highest BCUT2D eigenvalue weighted by Crippen LogP contribution is 2.26. The molecule has 4 nitrogen and oxygen atoms in total. The van der Waals surface area contributed by atoms with E-state index in [1.165, 1.54) is 6.33 Å². The molecule has 0 fully saturated rings. The van der Waals surface area contributed by atoms with E-state index in [2.05, 4.69) is 31.2 Å². The summed E-state index contributed by atoms with van der Waals surface area (Å²) in [4.78, 5) is 19.8. The van der Waals surface area contributed by atoms with Gasteiger partial charge >= 0.3 is 0 Å². The molecular formula is C12H8BrCl2N3O. The number of anilines is 1. The van der Waals surface area contributed by atoms with Gasteiger partial charge in [0.05, 0.1) is 0 Å². The topological polar surface area (TPSA) is 54.9 Å². The zero-order valence-electron chi connectivity index (χ0n) is 9.75. The second kappa shape index (κ2) is 5.86. The summed E-state index contributed by atoms with van der Waals surface area (Å²) < 4.78 is 0.854. The number of hydrogen-bond acceptors (Lipinski definition) is 3. The van der Waals surface area contributed by atoms with Crippen LogP contribution < -0.4 is 5.32 Å². The summed E-state index contributed by atoms with van der Waals surface area (Å²) in [5.41, 5.74) is 1.36. The minimum absolute atomic E-state index is 0.0953. The fourth-order valence-corrected chi connectivity index (χ4v) is 2.11. The monoisotopic (exact) mass is 359 g/mol. The third-order valence-electron chi connectivity index (χ3n) is 2.49. The minimum atomic E-state index is -0.310. The molecule has 0 bridgehead atoms. The Morgan fingerprint density at radius 2 is 2.05 bits per heavy atom. The minimum Gasteiger partial charge on any atom is -0.305 e. The van der Waals surface area contributed by atoms with Crippen molar-refractivity contribution in [1.29, 1.82) is 0 Å². The van der Waals surface area contributed by atoms with E-state index < -0.39 is 0 Å². The van der Waals surface area contributed by atoms with Crippen LogP contribution in [0.2, 0.25) is 10.2 Å². The molecule has 1 heterocycles. The van der Waals surface area contributed by atoms with Crippen LogP contribution in [-0.4, -0.2) is 15.9 Å². The first-order valence-corrected chi connectivity index (χ1v) is 6.78. The average molecular weight is 361 g/mol. The van der Waals surface area contributed by atoms with E-state index in [9.17, 15) is 4.79 Å². The first kappa shape index (κ1) is 14.2. The predicted molar refractivity (Wildman–Crippen MR) is 78.9 cm³/mol. The molecule has 2 aromatic rings. The van der Waals surface area contributed by atoms with Gasteiger partial charge in [-0.3, -0.25) is 4.79 Å². The third kappa shape index (κ3) is 3.05. The van der Waals surface area contributed by atoms with E-state index in [-0.39, 0.29) is 21.9 Å². The molecule has 98 valence electrons. The fraction of sp³-hybridized carbons (Fsp3) is 0.0833. The molecule has 0 aliphatic carbocycles. The van der Waals surface area contributed by atoms with Crippen molar-refractivity contribution < 1.29 is 4.79 Å². The van der Waals surface area contributed by atoms with Gasteiger partial charge in [-0.1, -0.05) is 45.2 Å². The van der Waals surface area contributed by atoms with Crippen LogP contribution in [0.5, 0.6) is 0 Å². The first-order valence-electron chi connectivity index (χ1n) is 5.23. The van der Waals surface area contributed by atoms with Gasteiger partial charge in [-0.05, 0) is 24.6 Å². The van der Waals surface area contributed by atoms with Crippen LogP contribution in [0.4, 0.5) is 5.82 Å². The SMILES string of the molecule is Cc1c(Br)cccc1C(=O)Nc1ncnc(Cl)c1Cl. The highest BCUT2D eigenvalue weighted by molar-refractivity contribution is 9.10. The summed E-state index contributed by atoms with van der Waals surface area (Å²) in [6.07, 6.45) is 1.23. The molecule has 1 N–H and O–H groups in total. The van der Waals surface area contributed by atoms with Gasteiger partial charge in [-0.15, -0.1) is 0 Å². The Labute approximate surface area is 128 Å². The summed E-state index contributed by atoms with van der Waals surface area (Å²) >= 11 is 15.0. The summed E-state index contributed by atoms with van der Waals surface area (Å²) in [7, 11) is 0. The van der Waals surface area contributed by atoms with E-state index in [0.29, 0.717) is 5.56 Å². The molecule has 0 atom stereocenters. The molecule has 0 aliphatic heterocycles. The number of hydrogen-bond donors (Lipinski definition) is 1. The molecule has 19 heavy (non-hydrogen) atoms. The molecule has 2 rings (SSSR count). The van der Waals surface area contributed by atoms with Crippen molar-refractivity contribution in [3.05, 3.63) is 50.3 Å². The molecule has 7 heteroatoms. The Morgan fingerprint density at radius 3 is 2.79 bits per heavy atom. The van der Waals surface area contributed by atoms with Crippen LogP contribution in [0.1, 0.15) is 15.9 Å². The Morgan fingerprint density at radius 1 is 1.32 bits per heavy atom. The number of amides is 1. The molecule has 0 unspecified atom stereocenters. The molecule has 0 aliphatic rings. The van der Waals surface area contributed by atoms with Crippen molar-refractivity contribution in [1.82, 2.24) is 9.97 Å². The van der Waals surface area contributed by atoms with E-state index >= 15 is 0 Å². The van der Waals surface area contributed by atoms with E-state index in [4.69, 9.17) is 23.2 Å². The number of benzene rings is 1. The van der Waals surface area contributed by atoms with Gasteiger partial charge < -0.3 is 5.32 Å². The molecule has 0 spiro atoms. The quantitative estimate of drug-likeness (QED) is 0.820. The van der Waals surface area contributed by atoms with Gasteiger partial charge in [-0.2, -0.15) is 0 Å². The van der Waals surface area contributed by atoms with Crippen molar-refractivity contribution in [2.45, 2.75) is 6.92 Å². The maximum absolute atomic E-state index is 12.2. The van der Waals surface area contributed by atoms with Crippen molar-refractivity contribution in [2.24, 2.45) is 0 Å². The summed E-state index contributed by atoms with van der Waals surface area (Å²) in [6.45, 7) is 1.84. The first-order chi connectivity index (χ1) is 9.00. The van der Waals surface area contributed by atoms with Crippen LogP contribution in [0.25, 0.3) is 0 Å². The van der Waals surface area contributed by atoms with E-state index in [1.54, 1.807) is 12.1 Å². The van der Waals surface area contributed by atoms with Gasteiger partial charge in [0.15, 0.2) is 11.0 Å². The van der Waals surface area contributed by atoms with E-state index in [1.807, 2.05) is 13.0 Å². The molecule has 1 amide bonds. The Hall–Kier alpha value is -1.17. The van der Waals surface area contributed by atoms with Gasteiger partial charge in [0.1, 0.15) is 11.3 Å². The maximum Gasteiger partial charge on any atom is 0.257 e. The van der Waals surface area contributed by atoms with Crippen molar-refractivity contribution >= 4 is 50.9 Å². The van der Waals surface area contributed by atoms with Crippen LogP contribution in [0.15, 0.2) is 29.0 Å². The van der Waals surface area contributed by atoms with Crippen LogP contribution in [0.3, 0.4) is 0 Å². The van der Waals surface area contributed by atoms with Gasteiger partial charge in [-0.25, -0.2) is 9.97 Å². The van der Waals surface area contributed by atoms with Crippen molar-refractivity contribution in [3.8, 4) is 0 Å². The molecule has 1 aromatic heterocycles. The lowest BCUT2D eigenvalue weighted by molar-refractivity contribution is 0.102. The van der Waals surface area contributed by atoms with Gasteiger partial charge in [0.25, 0.3) is 5.91 Å². The zero-order valence-corrected chi connectivity index (χ0v) is 12.8. The Bertz CT molecular complexity index is 649. The van der Waals surface area contributed by atoms with Crippen LogP contribution in [0, 0.1) is 6.92 Å². The lowest BCUT2D eigenvalue weighted by atomic mass is 10.1. The summed E-state index contributed by atoms with van der Waals surface area (Å²) in [5.74, 6) is -0.124. The molecule has 0 saturated carbocycles. The average Bonchev–Trinajstić information content (AvgIpc) is 2.38. The molecule has 0 radical (unpaired) electrons. The number of halogens is 3. The second-order valence-electron chi connectivity index (χ2n) is 3.69. The number of nitrogens with zero attached hydrogens (tertiary/aromatic N) is 2. The number of rotatable bonds is 2. The third-order valence-corrected chi connectivity index (χ3v) is 4.09. The molecule has 1 aromatic carbocycles. The standard InChI is InChI=1S/C12H8BrCl2N3O/c1-6-7(3-2-4-8(6)13)12(19)18-11-9(14)10(15)16-5-17-11/h2-5H,1H3,(H,16,17,18,19). The van der Waals surface area contributed by atoms with Crippen LogP contribution in [-0.2, 0) is 0 Å². The second-order valence-corrected chi connectivity index (χ2v) is 5.28. The smallest absolute Gasteiger partial charge is 0.257 e. The zero-order chi connectivity index (χ0) is 14.0. The van der Waals surface area contributed by atoms with Crippen molar-refractivity contribution in [2.75, 3.05) is 5.32 Å². The number of carbonyl (C=O) groups is 1. The normalized spacial score (nSPS) is 10.3. The number of aromatic nitrogens is 2. The Balaban J connectivity index is 2.31. The molecule has 0 saturated heterocycles. The number of carbonyl (C=O) groups excluding carboxylic acids is 1. The highest BCUT2D eigenvalue weighted by atomic mass is 79.9. The lowest BCUT2D eigenvalue weighted by Crippen LogP contribution is -2.15. The predicted octanol–water partition coefficient (Wildman–Crippen LogP) is 4.11. The van der Waals surface area contributed by atoms with Gasteiger partial charge in [0, 0.05) is 10.0 Å². The van der Waals surface area contributed by atoms with Gasteiger partial charge in [0.2, 0.25) is 0 Å². The number of nitrogens with one attached hydrogen (secondary N) is 1. The van der Waals surface area contributed by atoms with E-state index in [0.717, 1.165) is 10.0 Å². The highest BCUT2D eigenvalue weighted by Gasteiger charge is 2.14. The van der Waals surface area contributed by atoms with Crippen LogP contribution >= 0.6 is 39.1 Å². The fourth-order valence-electron chi connectivity index (χ4n) is 1.46. The lowest BCUT2D eigenvalue weighted by Gasteiger charge is -2.09. The largest absolute Gasteiger partial charge is 0.305 e. The van der Waals surface area contributed by atoms with Crippen molar-refractivity contribution in [3.63, 3.8) is 0 Å². The maximum atomic E-state index is 12.2. The molecular weight excluding hydrogens is 353 g/mol. The summed E-state index contributed by atoms with van der Waals surface area (Å²) in [5, 5.41) is 2.82. The Kier molecular flexibility index (Phi) is 4.39.